The van der Waals surface area contributed by atoms with Gasteiger partial charge in [0.05, 0.1) is 11.7 Å². The monoisotopic (exact) mass is 434 g/mol. The van der Waals surface area contributed by atoms with Gasteiger partial charge in [0.1, 0.15) is 28.4 Å². The molecule has 3 amide bonds. The van der Waals surface area contributed by atoms with Crippen LogP contribution < -0.4 is 16.0 Å². The fourth-order valence-electron chi connectivity index (χ4n) is 2.72. The van der Waals surface area contributed by atoms with Gasteiger partial charge in [0.25, 0.3) is 6.43 Å². The van der Waals surface area contributed by atoms with Gasteiger partial charge >= 0.3 is 6.03 Å². The van der Waals surface area contributed by atoms with Crippen LogP contribution in [0, 0.1) is 17.5 Å². The summed E-state index contributed by atoms with van der Waals surface area (Å²) in [5, 5.41) is 6.10. The second kappa shape index (κ2) is 8.19. The highest BCUT2D eigenvalue weighted by Crippen LogP contribution is 2.31. The van der Waals surface area contributed by atoms with E-state index >= 15 is 0 Å². The number of pyridine rings is 1. The summed E-state index contributed by atoms with van der Waals surface area (Å²) in [5.74, 6) is -4.43. The minimum Gasteiger partial charge on any atom is -0.342 e. The molecule has 0 spiro atoms. The minimum absolute atomic E-state index is 0.0802. The Morgan fingerprint density at radius 2 is 1.86 bits per heavy atom. The van der Waals surface area contributed by atoms with Crippen molar-refractivity contribution >= 4 is 23.5 Å². The number of benzene rings is 1. The normalized spacial score (nSPS) is 17.1. The molecule has 1 unspecified atom stereocenters. The molecule has 12 heteroatoms. The van der Waals surface area contributed by atoms with Gasteiger partial charge in [-0.3, -0.25) is 4.79 Å². The highest BCUT2D eigenvalue weighted by Gasteiger charge is 2.32. The standard InChI is InChI=1S/C17H12ClF5N4O2/c18-11-7(19)2-1-6(12(11)21)13(27-16(28)10-5-24-17(29)26-10)9-4-3-8(20)14(25-9)15(22)23/h1-4,10,13,15H,5H2,(H,27,28)(H2,24,26,29)/t10?,13-/m1/s1. The lowest BCUT2D eigenvalue weighted by atomic mass is 10.0. The summed E-state index contributed by atoms with van der Waals surface area (Å²) in [5.41, 5.74) is -1.93. The van der Waals surface area contributed by atoms with E-state index in [4.69, 9.17) is 11.6 Å². The zero-order chi connectivity index (χ0) is 21.3. The highest BCUT2D eigenvalue weighted by molar-refractivity contribution is 6.31. The summed E-state index contributed by atoms with van der Waals surface area (Å²) in [7, 11) is 0. The Labute approximate surface area is 165 Å². The summed E-state index contributed by atoms with van der Waals surface area (Å²) < 4.78 is 67.8. The molecule has 29 heavy (non-hydrogen) atoms. The molecule has 2 heterocycles. The number of hydrogen-bond donors (Lipinski definition) is 3. The molecule has 6 nitrogen and oxygen atoms in total. The summed E-state index contributed by atoms with van der Waals surface area (Å²) >= 11 is 5.57. The molecular formula is C17H12ClF5N4O2. The lowest BCUT2D eigenvalue weighted by Gasteiger charge is -2.22. The zero-order valence-corrected chi connectivity index (χ0v) is 15.0. The average Bonchev–Trinajstić information content (AvgIpc) is 3.11. The molecule has 1 fully saturated rings. The van der Waals surface area contributed by atoms with Crippen LogP contribution in [0.15, 0.2) is 24.3 Å². The van der Waals surface area contributed by atoms with Crippen molar-refractivity contribution in [3.8, 4) is 0 Å². The Hall–Kier alpha value is -2.95. The van der Waals surface area contributed by atoms with Crippen LogP contribution in [-0.4, -0.2) is 29.5 Å². The van der Waals surface area contributed by atoms with Crippen LogP contribution in [-0.2, 0) is 4.79 Å². The third kappa shape index (κ3) is 4.24. The molecule has 154 valence electrons. The number of urea groups is 1. The maximum atomic E-state index is 14.6. The van der Waals surface area contributed by atoms with E-state index in [0.717, 1.165) is 18.2 Å². The van der Waals surface area contributed by atoms with Gasteiger partial charge in [0.2, 0.25) is 5.91 Å². The molecule has 0 radical (unpaired) electrons. The van der Waals surface area contributed by atoms with Gasteiger partial charge < -0.3 is 16.0 Å². The second-order valence-electron chi connectivity index (χ2n) is 6.02. The molecule has 2 atom stereocenters. The zero-order valence-electron chi connectivity index (χ0n) is 14.3. The fourth-order valence-corrected chi connectivity index (χ4v) is 2.89. The number of nitrogens with one attached hydrogen (secondary N) is 3. The maximum absolute atomic E-state index is 14.6. The van der Waals surface area contributed by atoms with Gasteiger partial charge in [0, 0.05) is 12.1 Å². The van der Waals surface area contributed by atoms with E-state index in [1.165, 1.54) is 0 Å². The first-order chi connectivity index (χ1) is 13.7. The molecule has 0 saturated carbocycles. The van der Waals surface area contributed by atoms with E-state index in [0.29, 0.717) is 6.07 Å². The van der Waals surface area contributed by atoms with E-state index in [9.17, 15) is 31.5 Å². The Bertz CT molecular complexity index is 975. The van der Waals surface area contributed by atoms with Crippen molar-refractivity contribution in [3.63, 3.8) is 0 Å². The number of rotatable bonds is 5. The highest BCUT2D eigenvalue weighted by atomic mass is 35.5. The van der Waals surface area contributed by atoms with Crippen molar-refractivity contribution in [1.29, 1.82) is 0 Å². The van der Waals surface area contributed by atoms with E-state index < -0.39 is 58.6 Å². The van der Waals surface area contributed by atoms with E-state index in [2.05, 4.69) is 20.9 Å². The van der Waals surface area contributed by atoms with Gasteiger partial charge in [-0.2, -0.15) is 0 Å². The summed E-state index contributed by atoms with van der Waals surface area (Å²) in [4.78, 5) is 27.2. The Morgan fingerprint density at radius 1 is 1.17 bits per heavy atom. The molecule has 3 rings (SSSR count). The summed E-state index contributed by atoms with van der Waals surface area (Å²) in [6.07, 6.45) is -3.27. The number of nitrogens with zero attached hydrogens (tertiary/aromatic N) is 1. The van der Waals surface area contributed by atoms with Crippen LogP contribution in [0.3, 0.4) is 0 Å². The molecule has 1 aliphatic rings. The van der Waals surface area contributed by atoms with E-state index in [-0.39, 0.29) is 17.8 Å². The fraction of sp³-hybridized carbons (Fsp3) is 0.235. The number of alkyl halides is 2. The molecule has 1 aliphatic heterocycles. The van der Waals surface area contributed by atoms with E-state index in [1.54, 1.807) is 0 Å². The van der Waals surface area contributed by atoms with Crippen LogP contribution in [0.5, 0.6) is 0 Å². The number of halogens is 6. The SMILES string of the molecule is O=C1NCC(C(=O)N[C@@H](c2ccc(F)c(C(F)F)n2)c2ccc(F)c(Cl)c2F)N1. The van der Waals surface area contributed by atoms with Gasteiger partial charge in [0.15, 0.2) is 5.82 Å². The molecule has 1 aromatic carbocycles. The molecule has 0 bridgehead atoms. The number of aromatic nitrogens is 1. The minimum atomic E-state index is -3.27. The Balaban J connectivity index is 2.05. The summed E-state index contributed by atoms with van der Waals surface area (Å²) in [6.45, 7) is -0.0802. The van der Waals surface area contributed by atoms with Crippen LogP contribution in [0.1, 0.15) is 29.4 Å². The van der Waals surface area contributed by atoms with Crippen LogP contribution >= 0.6 is 11.6 Å². The lowest BCUT2D eigenvalue weighted by Crippen LogP contribution is -2.44. The van der Waals surface area contributed by atoms with Gasteiger partial charge in [-0.25, -0.2) is 31.7 Å². The first-order valence-electron chi connectivity index (χ1n) is 8.11. The van der Waals surface area contributed by atoms with Crippen LogP contribution in [0.2, 0.25) is 5.02 Å². The quantitative estimate of drug-likeness (QED) is 0.500. The van der Waals surface area contributed by atoms with Crippen LogP contribution in [0.25, 0.3) is 0 Å². The van der Waals surface area contributed by atoms with Crippen molar-refractivity contribution in [2.24, 2.45) is 0 Å². The van der Waals surface area contributed by atoms with Crippen molar-refractivity contribution in [2.45, 2.75) is 18.5 Å². The third-order valence-electron chi connectivity index (χ3n) is 4.15. The van der Waals surface area contributed by atoms with Gasteiger partial charge in [-0.05, 0) is 18.2 Å². The average molecular weight is 435 g/mol. The molecule has 1 saturated heterocycles. The molecule has 1 aromatic heterocycles. The first-order valence-corrected chi connectivity index (χ1v) is 8.49. The third-order valence-corrected chi connectivity index (χ3v) is 4.49. The maximum Gasteiger partial charge on any atom is 0.315 e. The summed E-state index contributed by atoms with van der Waals surface area (Å²) in [6, 6.07) is 0.239. The van der Waals surface area contributed by atoms with Crippen LogP contribution in [0.4, 0.5) is 26.7 Å². The van der Waals surface area contributed by atoms with E-state index in [1.807, 2.05) is 0 Å². The molecule has 3 N–H and O–H groups in total. The molecule has 2 aromatic rings. The van der Waals surface area contributed by atoms with Crippen molar-refractivity contribution in [1.82, 2.24) is 20.9 Å². The Kier molecular flexibility index (Phi) is 5.87. The van der Waals surface area contributed by atoms with Crippen molar-refractivity contribution < 1.29 is 31.5 Å². The predicted octanol–water partition coefficient (Wildman–Crippen LogP) is 2.98. The predicted molar refractivity (Wildman–Crippen MR) is 90.8 cm³/mol. The Morgan fingerprint density at radius 3 is 2.48 bits per heavy atom. The largest absolute Gasteiger partial charge is 0.342 e. The number of carbonyl (C=O) groups is 2. The lowest BCUT2D eigenvalue weighted by molar-refractivity contribution is -0.123. The second-order valence-corrected chi connectivity index (χ2v) is 6.39. The molecule has 0 aliphatic carbocycles. The van der Waals surface area contributed by atoms with Crippen molar-refractivity contribution in [2.75, 3.05) is 6.54 Å². The number of carbonyl (C=O) groups excluding carboxylic acids is 2. The first kappa shape index (κ1) is 20.8. The number of hydrogen-bond acceptors (Lipinski definition) is 3. The van der Waals surface area contributed by atoms with Crippen molar-refractivity contribution in [3.05, 3.63) is 63.7 Å². The topological polar surface area (TPSA) is 83.1 Å². The smallest absolute Gasteiger partial charge is 0.315 e. The van der Waals surface area contributed by atoms with Gasteiger partial charge in [-0.1, -0.05) is 17.7 Å². The van der Waals surface area contributed by atoms with Gasteiger partial charge in [-0.15, -0.1) is 0 Å². The molecular weight excluding hydrogens is 423 g/mol. The number of amides is 3.